The van der Waals surface area contributed by atoms with Gasteiger partial charge in [0.2, 0.25) is 5.91 Å². The molecule has 1 N–H and O–H groups in total. The van der Waals surface area contributed by atoms with E-state index >= 15 is 0 Å². The third kappa shape index (κ3) is 4.91. The quantitative estimate of drug-likeness (QED) is 0.773. The number of thioether (sulfide) groups is 1. The van der Waals surface area contributed by atoms with Crippen molar-refractivity contribution in [1.82, 2.24) is 10.2 Å². The Labute approximate surface area is 161 Å². The zero-order valence-electron chi connectivity index (χ0n) is 16.5. The molecule has 1 fully saturated rings. The summed E-state index contributed by atoms with van der Waals surface area (Å²) in [5.74, 6) is 1.14. The van der Waals surface area contributed by atoms with Crippen LogP contribution in [-0.2, 0) is 15.0 Å². The number of hydrogen-bond acceptors (Lipinski definition) is 3. The van der Waals surface area contributed by atoms with Gasteiger partial charge in [-0.15, -0.1) is 11.8 Å². The number of nitrogens with zero attached hydrogens (tertiary/aromatic N) is 1. The zero-order chi connectivity index (χ0) is 19.3. The standard InChI is InChI=1S/C21H30N2O2S/c1-6-8-16(3)20(25)23-14-26-12-18(23)19(24)22-13-21(4,5)17-10-7-9-15(2)11-17/h7-11,18H,6,12-14H2,1-5H3,(H,22,24)/b16-8-. The Kier molecular flexibility index (Phi) is 6.93. The zero-order valence-corrected chi connectivity index (χ0v) is 17.3. The fraction of sp³-hybridized carbons (Fsp3) is 0.524. The molecule has 1 aromatic rings. The van der Waals surface area contributed by atoms with Crippen LogP contribution in [0.3, 0.4) is 0 Å². The van der Waals surface area contributed by atoms with Crippen LogP contribution >= 0.6 is 11.8 Å². The smallest absolute Gasteiger partial charge is 0.250 e. The Morgan fingerprint density at radius 1 is 1.38 bits per heavy atom. The van der Waals surface area contributed by atoms with Crippen molar-refractivity contribution in [2.75, 3.05) is 18.2 Å². The summed E-state index contributed by atoms with van der Waals surface area (Å²) in [6, 6.07) is 7.99. The number of allylic oxidation sites excluding steroid dienone is 1. The second-order valence-electron chi connectivity index (χ2n) is 7.56. The first-order valence-electron chi connectivity index (χ1n) is 9.16. The SMILES string of the molecule is CC/C=C(/C)C(=O)N1CSCC1C(=O)NCC(C)(C)c1cccc(C)c1. The predicted octanol–water partition coefficient (Wildman–Crippen LogP) is 3.65. The molecule has 26 heavy (non-hydrogen) atoms. The van der Waals surface area contributed by atoms with Gasteiger partial charge in [0, 0.05) is 23.3 Å². The fourth-order valence-electron chi connectivity index (χ4n) is 3.07. The minimum Gasteiger partial charge on any atom is -0.353 e. The van der Waals surface area contributed by atoms with Crippen LogP contribution in [0, 0.1) is 6.92 Å². The summed E-state index contributed by atoms with van der Waals surface area (Å²) in [5, 5.41) is 3.07. The molecule has 0 bridgehead atoms. The fourth-order valence-corrected chi connectivity index (χ4v) is 4.23. The Balaban J connectivity index is 2.02. The molecule has 1 saturated heterocycles. The Morgan fingerprint density at radius 2 is 2.12 bits per heavy atom. The van der Waals surface area contributed by atoms with Gasteiger partial charge in [-0.3, -0.25) is 9.59 Å². The number of nitrogens with one attached hydrogen (secondary N) is 1. The van der Waals surface area contributed by atoms with Crippen molar-refractivity contribution in [3.8, 4) is 0 Å². The maximum Gasteiger partial charge on any atom is 0.250 e. The van der Waals surface area contributed by atoms with Crippen LogP contribution in [0.15, 0.2) is 35.9 Å². The highest BCUT2D eigenvalue weighted by Gasteiger charge is 2.35. The third-order valence-electron chi connectivity index (χ3n) is 4.80. The summed E-state index contributed by atoms with van der Waals surface area (Å²) in [4.78, 5) is 27.0. The van der Waals surface area contributed by atoms with Crippen molar-refractivity contribution >= 4 is 23.6 Å². The summed E-state index contributed by atoms with van der Waals surface area (Å²) in [7, 11) is 0. The minimum absolute atomic E-state index is 0.0325. The minimum atomic E-state index is -0.388. The van der Waals surface area contributed by atoms with E-state index in [-0.39, 0.29) is 23.3 Å². The van der Waals surface area contributed by atoms with Gasteiger partial charge in [0.1, 0.15) is 6.04 Å². The van der Waals surface area contributed by atoms with E-state index in [0.29, 0.717) is 23.7 Å². The highest BCUT2D eigenvalue weighted by Crippen LogP contribution is 2.25. The number of benzene rings is 1. The molecule has 1 aliphatic rings. The van der Waals surface area contributed by atoms with Gasteiger partial charge in [0.25, 0.3) is 5.91 Å². The molecule has 2 amide bonds. The van der Waals surface area contributed by atoms with Gasteiger partial charge in [0.15, 0.2) is 0 Å². The second-order valence-corrected chi connectivity index (χ2v) is 8.56. The Morgan fingerprint density at radius 3 is 2.77 bits per heavy atom. The lowest BCUT2D eigenvalue weighted by Gasteiger charge is -2.28. The van der Waals surface area contributed by atoms with Crippen LogP contribution in [-0.4, -0.2) is 40.9 Å². The maximum atomic E-state index is 12.7. The molecule has 5 heteroatoms. The predicted molar refractivity (Wildman–Crippen MR) is 109 cm³/mol. The largest absolute Gasteiger partial charge is 0.353 e. The first-order valence-corrected chi connectivity index (χ1v) is 10.3. The molecule has 1 aliphatic heterocycles. The molecule has 1 atom stereocenters. The number of carbonyl (C=O) groups excluding carboxylic acids is 2. The van der Waals surface area contributed by atoms with Crippen molar-refractivity contribution in [2.24, 2.45) is 0 Å². The first-order chi connectivity index (χ1) is 12.3. The van der Waals surface area contributed by atoms with E-state index in [1.807, 2.05) is 26.0 Å². The number of hydrogen-bond donors (Lipinski definition) is 1. The lowest BCUT2D eigenvalue weighted by atomic mass is 9.84. The summed E-state index contributed by atoms with van der Waals surface area (Å²) in [5.41, 5.74) is 2.96. The van der Waals surface area contributed by atoms with Crippen LogP contribution in [0.1, 0.15) is 45.2 Å². The third-order valence-corrected chi connectivity index (χ3v) is 5.81. The van der Waals surface area contributed by atoms with Crippen LogP contribution in [0.2, 0.25) is 0 Å². The normalized spacial score (nSPS) is 18.1. The molecule has 0 aliphatic carbocycles. The van der Waals surface area contributed by atoms with Gasteiger partial charge in [-0.05, 0) is 25.8 Å². The maximum absolute atomic E-state index is 12.7. The van der Waals surface area contributed by atoms with E-state index in [9.17, 15) is 9.59 Å². The molecule has 142 valence electrons. The van der Waals surface area contributed by atoms with Crippen molar-refractivity contribution in [1.29, 1.82) is 0 Å². The van der Waals surface area contributed by atoms with Gasteiger partial charge in [0.05, 0.1) is 5.88 Å². The van der Waals surface area contributed by atoms with Crippen molar-refractivity contribution in [3.05, 3.63) is 47.0 Å². The molecule has 0 aromatic heterocycles. The monoisotopic (exact) mass is 374 g/mol. The molecule has 4 nitrogen and oxygen atoms in total. The number of aryl methyl sites for hydroxylation is 1. The molecule has 1 aromatic carbocycles. The molecule has 1 unspecified atom stereocenters. The van der Waals surface area contributed by atoms with E-state index in [1.54, 1.807) is 16.7 Å². The molecular weight excluding hydrogens is 344 g/mol. The highest BCUT2D eigenvalue weighted by atomic mass is 32.2. The average Bonchev–Trinajstić information content (AvgIpc) is 3.09. The highest BCUT2D eigenvalue weighted by molar-refractivity contribution is 7.99. The van der Waals surface area contributed by atoms with E-state index in [2.05, 4.69) is 44.3 Å². The molecule has 0 radical (unpaired) electrons. The molecular formula is C21H30N2O2S. The van der Waals surface area contributed by atoms with Crippen molar-refractivity contribution < 1.29 is 9.59 Å². The van der Waals surface area contributed by atoms with Gasteiger partial charge in [-0.2, -0.15) is 0 Å². The topological polar surface area (TPSA) is 49.4 Å². The summed E-state index contributed by atoms with van der Waals surface area (Å²) in [6.07, 6.45) is 2.74. The summed E-state index contributed by atoms with van der Waals surface area (Å²) >= 11 is 1.63. The van der Waals surface area contributed by atoms with Gasteiger partial charge >= 0.3 is 0 Å². The van der Waals surface area contributed by atoms with E-state index in [4.69, 9.17) is 0 Å². The van der Waals surface area contributed by atoms with Crippen molar-refractivity contribution in [2.45, 2.75) is 52.5 Å². The summed E-state index contributed by atoms with van der Waals surface area (Å²) < 4.78 is 0. The van der Waals surface area contributed by atoms with Gasteiger partial charge in [-0.1, -0.05) is 56.7 Å². The first kappa shape index (κ1) is 20.6. The Bertz CT molecular complexity index is 697. The van der Waals surface area contributed by atoms with Crippen LogP contribution in [0.4, 0.5) is 0 Å². The lowest BCUT2D eigenvalue weighted by molar-refractivity contribution is -0.135. The van der Waals surface area contributed by atoms with Crippen molar-refractivity contribution in [3.63, 3.8) is 0 Å². The summed E-state index contributed by atoms with van der Waals surface area (Å²) in [6.45, 7) is 10.7. The van der Waals surface area contributed by atoms with E-state index in [1.165, 1.54) is 11.1 Å². The second kappa shape index (κ2) is 8.76. The van der Waals surface area contributed by atoms with Crippen LogP contribution < -0.4 is 5.32 Å². The van der Waals surface area contributed by atoms with Gasteiger partial charge in [-0.25, -0.2) is 0 Å². The lowest BCUT2D eigenvalue weighted by Crippen LogP contribution is -2.49. The molecule has 0 saturated carbocycles. The Hall–Kier alpha value is -1.75. The molecule has 2 rings (SSSR count). The van der Waals surface area contributed by atoms with E-state index in [0.717, 1.165) is 6.42 Å². The van der Waals surface area contributed by atoms with Crippen LogP contribution in [0.25, 0.3) is 0 Å². The van der Waals surface area contributed by atoms with E-state index < -0.39 is 0 Å². The molecule has 0 spiro atoms. The number of rotatable bonds is 6. The average molecular weight is 375 g/mol. The number of amides is 2. The number of carbonyl (C=O) groups is 2. The molecule has 1 heterocycles. The van der Waals surface area contributed by atoms with Crippen LogP contribution in [0.5, 0.6) is 0 Å². The van der Waals surface area contributed by atoms with Gasteiger partial charge < -0.3 is 10.2 Å².